The topological polar surface area (TPSA) is 38.8 Å². The summed E-state index contributed by atoms with van der Waals surface area (Å²) < 4.78 is 10.4. The molecule has 2 bridgehead atoms. The van der Waals surface area contributed by atoms with Gasteiger partial charge in [-0.3, -0.25) is 4.79 Å². The maximum absolute atomic E-state index is 12.5. The lowest BCUT2D eigenvalue weighted by molar-refractivity contribution is 0.0747. The summed E-state index contributed by atoms with van der Waals surface area (Å²) in [4.78, 5) is 14.5. The Morgan fingerprint density at radius 1 is 1.32 bits per heavy atom. The first kappa shape index (κ1) is 12.7. The molecule has 1 aromatic rings. The molecule has 2 atom stereocenters. The summed E-state index contributed by atoms with van der Waals surface area (Å²) in [6.07, 6.45) is 1.14. The first-order valence-corrected chi connectivity index (χ1v) is 7.42. The standard InChI is InChI=1S/C14H17NO3S/c1-17-12-4-3-9(5-13(12)18-2)14(16)15-7-11-6-10(15)8-19-11/h3-5,10-11H,6-8H2,1-2H3. The summed E-state index contributed by atoms with van der Waals surface area (Å²) >= 11 is 1.98. The van der Waals surface area contributed by atoms with Crippen molar-refractivity contribution < 1.29 is 14.3 Å². The van der Waals surface area contributed by atoms with Gasteiger partial charge in [0, 0.05) is 29.2 Å². The number of methoxy groups -OCH3 is 2. The van der Waals surface area contributed by atoms with Crippen LogP contribution in [-0.2, 0) is 0 Å². The summed E-state index contributed by atoms with van der Waals surface area (Å²) in [6.45, 7) is 0.877. The second-order valence-electron chi connectivity index (χ2n) is 4.87. The molecule has 4 nitrogen and oxygen atoms in total. The lowest BCUT2D eigenvalue weighted by Crippen LogP contribution is -2.39. The number of ether oxygens (including phenoxy) is 2. The molecule has 2 aliphatic heterocycles. The maximum Gasteiger partial charge on any atom is 0.254 e. The van der Waals surface area contributed by atoms with Crippen molar-refractivity contribution in [2.24, 2.45) is 0 Å². The van der Waals surface area contributed by atoms with Crippen LogP contribution in [0.4, 0.5) is 0 Å². The minimum atomic E-state index is 0.105. The molecule has 0 aliphatic carbocycles. The fourth-order valence-corrected chi connectivity index (χ4v) is 4.22. The van der Waals surface area contributed by atoms with Crippen LogP contribution in [0.3, 0.4) is 0 Å². The molecule has 5 heteroatoms. The van der Waals surface area contributed by atoms with E-state index in [-0.39, 0.29) is 5.91 Å². The van der Waals surface area contributed by atoms with E-state index in [4.69, 9.17) is 9.47 Å². The Balaban J connectivity index is 1.84. The van der Waals surface area contributed by atoms with Gasteiger partial charge >= 0.3 is 0 Å². The highest BCUT2D eigenvalue weighted by molar-refractivity contribution is 8.00. The van der Waals surface area contributed by atoms with Crippen LogP contribution in [-0.4, -0.2) is 48.6 Å². The molecule has 0 N–H and O–H groups in total. The minimum Gasteiger partial charge on any atom is -0.493 e. The molecule has 2 saturated heterocycles. The Morgan fingerprint density at radius 2 is 2.11 bits per heavy atom. The molecule has 2 heterocycles. The molecule has 0 radical (unpaired) electrons. The van der Waals surface area contributed by atoms with E-state index in [1.807, 2.05) is 22.7 Å². The zero-order chi connectivity index (χ0) is 13.4. The molecule has 2 fully saturated rings. The molecule has 19 heavy (non-hydrogen) atoms. The predicted molar refractivity (Wildman–Crippen MR) is 75.2 cm³/mol. The van der Waals surface area contributed by atoms with Gasteiger partial charge in [-0.25, -0.2) is 0 Å². The third-order valence-electron chi connectivity index (χ3n) is 3.79. The van der Waals surface area contributed by atoms with E-state index >= 15 is 0 Å². The zero-order valence-corrected chi connectivity index (χ0v) is 11.9. The van der Waals surface area contributed by atoms with E-state index in [9.17, 15) is 4.79 Å². The molecule has 0 spiro atoms. The van der Waals surface area contributed by atoms with Gasteiger partial charge in [-0.2, -0.15) is 11.8 Å². The number of amides is 1. The van der Waals surface area contributed by atoms with Crippen molar-refractivity contribution in [3.63, 3.8) is 0 Å². The van der Waals surface area contributed by atoms with Crippen LogP contribution in [0.1, 0.15) is 16.8 Å². The van der Waals surface area contributed by atoms with Gasteiger partial charge < -0.3 is 14.4 Å². The monoisotopic (exact) mass is 279 g/mol. The number of rotatable bonds is 3. The van der Waals surface area contributed by atoms with Crippen LogP contribution in [0, 0.1) is 0 Å². The average molecular weight is 279 g/mol. The van der Waals surface area contributed by atoms with Crippen LogP contribution in [0.2, 0.25) is 0 Å². The van der Waals surface area contributed by atoms with Crippen LogP contribution >= 0.6 is 11.8 Å². The summed E-state index contributed by atoms with van der Waals surface area (Å²) in [6, 6.07) is 5.77. The third kappa shape index (κ3) is 2.16. The van der Waals surface area contributed by atoms with Gasteiger partial charge in [0.05, 0.1) is 14.2 Å². The Kier molecular flexibility index (Phi) is 3.31. The first-order chi connectivity index (χ1) is 9.22. The summed E-state index contributed by atoms with van der Waals surface area (Å²) in [5.41, 5.74) is 0.676. The van der Waals surface area contributed by atoms with Crippen LogP contribution < -0.4 is 9.47 Å². The number of carbonyl (C=O) groups is 1. The fourth-order valence-electron chi connectivity index (χ4n) is 2.78. The van der Waals surface area contributed by atoms with Crippen molar-refractivity contribution in [1.29, 1.82) is 0 Å². The van der Waals surface area contributed by atoms with E-state index < -0.39 is 0 Å². The lowest BCUT2D eigenvalue weighted by atomic mass is 10.1. The number of hydrogen-bond acceptors (Lipinski definition) is 4. The van der Waals surface area contributed by atoms with Crippen molar-refractivity contribution in [3.8, 4) is 11.5 Å². The van der Waals surface area contributed by atoms with Crippen LogP contribution in [0.15, 0.2) is 18.2 Å². The Morgan fingerprint density at radius 3 is 2.68 bits per heavy atom. The van der Waals surface area contributed by atoms with E-state index in [2.05, 4.69) is 0 Å². The number of likely N-dealkylation sites (tertiary alicyclic amines) is 1. The van der Waals surface area contributed by atoms with Crippen molar-refractivity contribution in [2.75, 3.05) is 26.5 Å². The van der Waals surface area contributed by atoms with Gasteiger partial charge in [0.25, 0.3) is 5.91 Å². The summed E-state index contributed by atoms with van der Waals surface area (Å²) in [5.74, 6) is 2.43. The number of fused-ring (bicyclic) bond motifs is 2. The number of nitrogens with zero attached hydrogens (tertiary/aromatic N) is 1. The van der Waals surface area contributed by atoms with Crippen molar-refractivity contribution in [2.45, 2.75) is 17.7 Å². The van der Waals surface area contributed by atoms with Crippen molar-refractivity contribution in [3.05, 3.63) is 23.8 Å². The fraction of sp³-hybridized carbons (Fsp3) is 0.500. The normalized spacial score (nSPS) is 24.6. The molecule has 2 aliphatic rings. The van der Waals surface area contributed by atoms with Gasteiger partial charge in [0.1, 0.15) is 0 Å². The molecule has 1 aromatic carbocycles. The second-order valence-corrected chi connectivity index (χ2v) is 6.21. The average Bonchev–Trinajstić information content (AvgIpc) is 3.08. The van der Waals surface area contributed by atoms with E-state index in [1.165, 1.54) is 0 Å². The van der Waals surface area contributed by atoms with Crippen LogP contribution in [0.25, 0.3) is 0 Å². The number of benzene rings is 1. The van der Waals surface area contributed by atoms with Crippen molar-refractivity contribution >= 4 is 17.7 Å². The summed E-state index contributed by atoms with van der Waals surface area (Å²) in [5, 5.41) is 0.633. The third-order valence-corrected chi connectivity index (χ3v) is 5.18. The molecular formula is C14H17NO3S. The van der Waals surface area contributed by atoms with Gasteiger partial charge in [-0.1, -0.05) is 0 Å². The molecule has 102 valence electrons. The van der Waals surface area contributed by atoms with E-state index in [0.717, 1.165) is 18.7 Å². The molecule has 3 rings (SSSR count). The molecule has 0 saturated carbocycles. The maximum atomic E-state index is 12.5. The van der Waals surface area contributed by atoms with Gasteiger partial charge in [0.2, 0.25) is 0 Å². The molecule has 2 unspecified atom stereocenters. The highest BCUT2D eigenvalue weighted by Crippen LogP contribution is 2.38. The Hall–Kier alpha value is -1.36. The SMILES string of the molecule is COc1ccc(C(=O)N2CC3CC2CS3)cc1OC. The molecule has 0 aromatic heterocycles. The summed E-state index contributed by atoms with van der Waals surface area (Å²) in [7, 11) is 3.18. The highest BCUT2D eigenvalue weighted by Gasteiger charge is 2.41. The van der Waals surface area contributed by atoms with Gasteiger partial charge in [-0.15, -0.1) is 0 Å². The highest BCUT2D eigenvalue weighted by atomic mass is 32.2. The number of hydrogen-bond donors (Lipinski definition) is 0. The number of carbonyl (C=O) groups excluding carboxylic acids is 1. The Bertz CT molecular complexity index is 505. The molecule has 1 amide bonds. The zero-order valence-electron chi connectivity index (χ0n) is 11.1. The van der Waals surface area contributed by atoms with Crippen LogP contribution in [0.5, 0.6) is 11.5 Å². The first-order valence-electron chi connectivity index (χ1n) is 6.37. The van der Waals surface area contributed by atoms with Gasteiger partial charge in [0.15, 0.2) is 11.5 Å². The molecular weight excluding hydrogens is 262 g/mol. The van der Waals surface area contributed by atoms with Crippen molar-refractivity contribution in [1.82, 2.24) is 4.90 Å². The quantitative estimate of drug-likeness (QED) is 0.848. The van der Waals surface area contributed by atoms with Gasteiger partial charge in [-0.05, 0) is 24.6 Å². The largest absolute Gasteiger partial charge is 0.493 e. The van der Waals surface area contributed by atoms with E-state index in [0.29, 0.717) is 28.4 Å². The lowest BCUT2D eigenvalue weighted by Gasteiger charge is -2.26. The number of thioether (sulfide) groups is 1. The minimum absolute atomic E-state index is 0.105. The van der Waals surface area contributed by atoms with E-state index in [1.54, 1.807) is 26.4 Å². The second kappa shape index (κ2) is 4.96. The predicted octanol–water partition coefficient (Wildman–Crippen LogP) is 2.03. The Labute approximate surface area is 117 Å². The smallest absolute Gasteiger partial charge is 0.254 e.